The van der Waals surface area contributed by atoms with Gasteiger partial charge in [0.1, 0.15) is 0 Å². The van der Waals surface area contributed by atoms with Crippen molar-refractivity contribution in [3.63, 3.8) is 0 Å². The van der Waals surface area contributed by atoms with Crippen LogP contribution in [-0.4, -0.2) is 5.78 Å². The van der Waals surface area contributed by atoms with Crippen molar-refractivity contribution in [1.29, 1.82) is 0 Å². The maximum absolute atomic E-state index is 12.0. The van der Waals surface area contributed by atoms with E-state index in [2.05, 4.69) is 18.2 Å². The molecule has 1 heteroatoms. The molecule has 0 saturated heterocycles. The standard InChI is InChI=1S/C13H16O/c14-13(11-7-3-1-4-8-11)12-9-5-2-6-10-12/h1-3,5,7,12H,4,6,8-10H2. The summed E-state index contributed by atoms with van der Waals surface area (Å²) < 4.78 is 0. The minimum atomic E-state index is 0.262. The van der Waals surface area contributed by atoms with Crippen molar-refractivity contribution in [2.45, 2.75) is 32.1 Å². The minimum Gasteiger partial charge on any atom is -0.294 e. The zero-order chi connectivity index (χ0) is 9.80. The quantitative estimate of drug-likeness (QED) is 0.608. The molecule has 0 aromatic heterocycles. The molecule has 0 aromatic rings. The van der Waals surface area contributed by atoms with E-state index in [1.165, 1.54) is 0 Å². The van der Waals surface area contributed by atoms with Crippen LogP contribution >= 0.6 is 0 Å². The van der Waals surface area contributed by atoms with Gasteiger partial charge in [-0.15, -0.1) is 0 Å². The van der Waals surface area contributed by atoms with E-state index in [9.17, 15) is 4.79 Å². The van der Waals surface area contributed by atoms with Gasteiger partial charge in [0.25, 0.3) is 0 Å². The first-order chi connectivity index (χ1) is 6.88. The maximum atomic E-state index is 12.0. The molecule has 0 spiro atoms. The lowest BCUT2D eigenvalue weighted by Gasteiger charge is -2.18. The van der Waals surface area contributed by atoms with Crippen LogP contribution in [-0.2, 0) is 4.79 Å². The normalized spacial score (nSPS) is 26.0. The summed E-state index contributed by atoms with van der Waals surface area (Å²) in [5.74, 6) is 0.649. The molecule has 2 aliphatic carbocycles. The van der Waals surface area contributed by atoms with Gasteiger partial charge in [0, 0.05) is 5.92 Å². The van der Waals surface area contributed by atoms with Crippen molar-refractivity contribution in [2.75, 3.05) is 0 Å². The van der Waals surface area contributed by atoms with Crippen LogP contribution in [0, 0.1) is 5.92 Å². The van der Waals surface area contributed by atoms with E-state index in [0.29, 0.717) is 5.78 Å². The minimum absolute atomic E-state index is 0.262. The topological polar surface area (TPSA) is 17.1 Å². The molecule has 2 rings (SSSR count). The molecule has 0 heterocycles. The third-order valence-corrected chi connectivity index (χ3v) is 2.97. The summed E-state index contributed by atoms with van der Waals surface area (Å²) in [7, 11) is 0. The van der Waals surface area contributed by atoms with Gasteiger partial charge < -0.3 is 0 Å². The Morgan fingerprint density at radius 3 is 2.79 bits per heavy atom. The summed E-state index contributed by atoms with van der Waals surface area (Å²) in [5, 5.41) is 0. The Morgan fingerprint density at radius 2 is 2.14 bits per heavy atom. The van der Waals surface area contributed by atoms with Gasteiger partial charge >= 0.3 is 0 Å². The molecule has 0 fully saturated rings. The number of hydrogen-bond donors (Lipinski definition) is 0. The molecule has 0 aliphatic heterocycles. The first-order valence-corrected chi connectivity index (χ1v) is 5.43. The third-order valence-electron chi connectivity index (χ3n) is 2.97. The van der Waals surface area contributed by atoms with Crippen LogP contribution in [0.15, 0.2) is 36.0 Å². The predicted octanol–water partition coefficient (Wildman–Crippen LogP) is 3.19. The average Bonchev–Trinajstić information content (AvgIpc) is 2.30. The van der Waals surface area contributed by atoms with Gasteiger partial charge in [-0.2, -0.15) is 0 Å². The Morgan fingerprint density at radius 1 is 1.21 bits per heavy atom. The van der Waals surface area contributed by atoms with Crippen LogP contribution in [0.2, 0.25) is 0 Å². The summed E-state index contributed by atoms with van der Waals surface area (Å²) in [5.41, 5.74) is 1.04. The molecule has 14 heavy (non-hydrogen) atoms. The van der Waals surface area contributed by atoms with Gasteiger partial charge in [-0.1, -0.05) is 30.4 Å². The molecular formula is C13H16O. The number of carbonyl (C=O) groups excluding carboxylic acids is 1. The summed E-state index contributed by atoms with van der Waals surface area (Å²) >= 11 is 0. The Labute approximate surface area is 85.2 Å². The molecular weight excluding hydrogens is 172 g/mol. The van der Waals surface area contributed by atoms with Crippen molar-refractivity contribution in [2.24, 2.45) is 5.92 Å². The van der Waals surface area contributed by atoms with Crippen molar-refractivity contribution < 1.29 is 4.79 Å². The fourth-order valence-corrected chi connectivity index (χ4v) is 2.10. The van der Waals surface area contributed by atoms with E-state index in [1.807, 2.05) is 12.2 Å². The van der Waals surface area contributed by atoms with Crippen molar-refractivity contribution in [3.05, 3.63) is 36.0 Å². The second kappa shape index (κ2) is 4.41. The monoisotopic (exact) mass is 188 g/mol. The van der Waals surface area contributed by atoms with E-state index in [-0.39, 0.29) is 5.92 Å². The Kier molecular flexibility index (Phi) is 2.97. The second-order valence-electron chi connectivity index (χ2n) is 4.00. The number of carbonyl (C=O) groups is 1. The maximum Gasteiger partial charge on any atom is 0.162 e. The van der Waals surface area contributed by atoms with Gasteiger partial charge in [0.05, 0.1) is 0 Å². The van der Waals surface area contributed by atoms with Gasteiger partial charge in [-0.3, -0.25) is 4.79 Å². The highest BCUT2D eigenvalue weighted by molar-refractivity contribution is 5.97. The zero-order valence-corrected chi connectivity index (χ0v) is 8.41. The number of hydrogen-bond acceptors (Lipinski definition) is 1. The number of allylic oxidation sites excluding steroid dienone is 6. The van der Waals surface area contributed by atoms with Crippen molar-refractivity contribution in [3.8, 4) is 0 Å². The molecule has 0 radical (unpaired) electrons. The SMILES string of the molecule is O=C(C1=CC=CCC1)C1CC=CCC1. The molecule has 1 unspecified atom stereocenters. The molecule has 0 aromatic carbocycles. The summed E-state index contributed by atoms with van der Waals surface area (Å²) in [4.78, 5) is 12.0. The molecule has 74 valence electrons. The molecule has 1 atom stereocenters. The molecule has 0 amide bonds. The lowest BCUT2D eigenvalue weighted by Crippen LogP contribution is -2.18. The lowest BCUT2D eigenvalue weighted by molar-refractivity contribution is -0.119. The van der Waals surface area contributed by atoms with Gasteiger partial charge in [-0.05, 0) is 37.7 Å². The fourth-order valence-electron chi connectivity index (χ4n) is 2.10. The summed E-state index contributed by atoms with van der Waals surface area (Å²) in [6.07, 6.45) is 15.5. The van der Waals surface area contributed by atoms with Crippen LogP contribution in [0.3, 0.4) is 0 Å². The van der Waals surface area contributed by atoms with Crippen LogP contribution in [0.1, 0.15) is 32.1 Å². The summed E-state index contributed by atoms with van der Waals surface area (Å²) in [6.45, 7) is 0. The highest BCUT2D eigenvalue weighted by atomic mass is 16.1. The smallest absolute Gasteiger partial charge is 0.162 e. The third kappa shape index (κ3) is 2.03. The fraction of sp³-hybridized carbons (Fsp3) is 0.462. The molecule has 0 N–H and O–H groups in total. The molecule has 1 nitrogen and oxygen atoms in total. The Hall–Kier alpha value is -1.11. The summed E-state index contributed by atoms with van der Waals surface area (Å²) in [6, 6.07) is 0. The predicted molar refractivity (Wildman–Crippen MR) is 57.9 cm³/mol. The van der Waals surface area contributed by atoms with E-state index >= 15 is 0 Å². The zero-order valence-electron chi connectivity index (χ0n) is 8.41. The van der Waals surface area contributed by atoms with Gasteiger partial charge in [-0.25, -0.2) is 0 Å². The molecule has 0 bridgehead atoms. The first kappa shape index (κ1) is 9.45. The number of ketones is 1. The van der Waals surface area contributed by atoms with Gasteiger partial charge in [0.15, 0.2) is 5.78 Å². The molecule has 0 saturated carbocycles. The molecule has 2 aliphatic rings. The first-order valence-electron chi connectivity index (χ1n) is 5.43. The van der Waals surface area contributed by atoms with Gasteiger partial charge in [0.2, 0.25) is 0 Å². The Bertz CT molecular complexity index is 307. The van der Waals surface area contributed by atoms with E-state index < -0.39 is 0 Å². The van der Waals surface area contributed by atoms with E-state index in [4.69, 9.17) is 0 Å². The van der Waals surface area contributed by atoms with Crippen LogP contribution in [0.4, 0.5) is 0 Å². The van der Waals surface area contributed by atoms with Crippen molar-refractivity contribution in [1.82, 2.24) is 0 Å². The van der Waals surface area contributed by atoms with E-state index in [1.54, 1.807) is 0 Å². The Balaban J connectivity index is 2.03. The number of Topliss-reactive ketones (excluding diaryl/α,β-unsaturated/α-hetero) is 1. The van der Waals surface area contributed by atoms with E-state index in [0.717, 1.165) is 37.7 Å². The lowest BCUT2D eigenvalue weighted by atomic mass is 9.85. The van der Waals surface area contributed by atoms with Crippen LogP contribution in [0.25, 0.3) is 0 Å². The largest absolute Gasteiger partial charge is 0.294 e. The van der Waals surface area contributed by atoms with Crippen molar-refractivity contribution >= 4 is 5.78 Å². The highest BCUT2D eigenvalue weighted by Gasteiger charge is 2.21. The highest BCUT2D eigenvalue weighted by Crippen LogP contribution is 2.25. The van der Waals surface area contributed by atoms with Crippen LogP contribution < -0.4 is 0 Å². The second-order valence-corrected chi connectivity index (χ2v) is 4.00. The van der Waals surface area contributed by atoms with Crippen LogP contribution in [0.5, 0.6) is 0 Å². The average molecular weight is 188 g/mol. The number of rotatable bonds is 2.